The first-order valence-electron chi connectivity index (χ1n) is 5.52. The second-order valence-corrected chi connectivity index (χ2v) is 4.95. The summed E-state index contributed by atoms with van der Waals surface area (Å²) in [5.74, 6) is 0. The van der Waals surface area contributed by atoms with Gasteiger partial charge in [0, 0.05) is 28.0 Å². The zero-order valence-electron chi connectivity index (χ0n) is 9.96. The Morgan fingerprint density at radius 2 is 1.80 bits per heavy atom. The van der Waals surface area contributed by atoms with E-state index in [0.29, 0.717) is 10.6 Å². The molecule has 2 rings (SSSR count). The smallest absolute Gasteiger partial charge is 0.320 e. The molecule has 0 aliphatic carbocycles. The molecule has 7 heteroatoms. The number of alkyl halides is 3. The predicted molar refractivity (Wildman–Crippen MR) is 71.7 cm³/mol. The van der Waals surface area contributed by atoms with Gasteiger partial charge in [0.05, 0.1) is 11.6 Å². The van der Waals surface area contributed by atoms with Gasteiger partial charge in [0.2, 0.25) is 0 Å². The summed E-state index contributed by atoms with van der Waals surface area (Å²) in [5.41, 5.74) is 5.23. The fourth-order valence-electron chi connectivity index (χ4n) is 1.83. The molecule has 2 N–H and O–H groups in total. The van der Waals surface area contributed by atoms with Crippen LogP contribution in [0.3, 0.4) is 0 Å². The molecule has 1 aromatic carbocycles. The number of nitrogens with two attached hydrogens (primary N) is 1. The Balaban J connectivity index is 2.54. The second-order valence-electron chi connectivity index (χ2n) is 4.10. The van der Waals surface area contributed by atoms with Crippen LogP contribution in [0, 0.1) is 0 Å². The molecule has 1 heterocycles. The number of aromatic nitrogens is 1. The number of hydrogen-bond donors (Lipinski definition) is 1. The Hall–Kier alpha value is -1.30. The van der Waals surface area contributed by atoms with Crippen molar-refractivity contribution in [2.75, 3.05) is 0 Å². The van der Waals surface area contributed by atoms with E-state index in [9.17, 15) is 13.2 Å². The third kappa shape index (κ3) is 3.06. The summed E-state index contributed by atoms with van der Waals surface area (Å²) in [7, 11) is 0. The maximum absolute atomic E-state index is 13.0. The summed E-state index contributed by atoms with van der Waals surface area (Å²) < 4.78 is 38.9. The van der Waals surface area contributed by atoms with E-state index in [-0.39, 0.29) is 10.6 Å². The minimum atomic E-state index is -4.51. The van der Waals surface area contributed by atoms with Gasteiger partial charge in [0.25, 0.3) is 0 Å². The van der Waals surface area contributed by atoms with E-state index in [0.717, 1.165) is 18.5 Å². The zero-order chi connectivity index (χ0) is 14.9. The highest BCUT2D eigenvalue weighted by atomic mass is 35.5. The van der Waals surface area contributed by atoms with Crippen molar-refractivity contribution < 1.29 is 13.2 Å². The lowest BCUT2D eigenvalue weighted by molar-refractivity contribution is -0.138. The largest absolute Gasteiger partial charge is 0.416 e. The number of nitrogens with zero attached hydrogens (tertiary/aromatic N) is 1. The monoisotopic (exact) mass is 320 g/mol. The molecule has 0 aliphatic rings. The van der Waals surface area contributed by atoms with Crippen LogP contribution in [0.2, 0.25) is 10.0 Å². The van der Waals surface area contributed by atoms with E-state index in [1.807, 2.05) is 0 Å². The molecule has 0 aliphatic heterocycles. The van der Waals surface area contributed by atoms with Crippen LogP contribution in [-0.4, -0.2) is 4.98 Å². The van der Waals surface area contributed by atoms with Crippen molar-refractivity contribution in [1.29, 1.82) is 0 Å². The van der Waals surface area contributed by atoms with Crippen molar-refractivity contribution in [2.24, 2.45) is 5.73 Å². The van der Waals surface area contributed by atoms with Crippen LogP contribution in [0.5, 0.6) is 0 Å². The van der Waals surface area contributed by atoms with E-state index in [1.54, 1.807) is 0 Å². The van der Waals surface area contributed by atoms with Crippen molar-refractivity contribution >= 4 is 23.2 Å². The van der Waals surface area contributed by atoms with Gasteiger partial charge in [-0.2, -0.15) is 13.2 Å². The van der Waals surface area contributed by atoms with Gasteiger partial charge in [0.15, 0.2) is 0 Å². The van der Waals surface area contributed by atoms with Gasteiger partial charge in [0.1, 0.15) is 0 Å². The highest BCUT2D eigenvalue weighted by Gasteiger charge is 2.35. The van der Waals surface area contributed by atoms with Gasteiger partial charge in [-0.1, -0.05) is 23.2 Å². The van der Waals surface area contributed by atoms with Gasteiger partial charge >= 0.3 is 6.18 Å². The molecule has 2 nitrogen and oxygen atoms in total. The standard InChI is InChI=1S/C13H9Cl2F3N2/c14-7-1-2-11(15)8(5-7)12(19)9-6-20-4-3-10(9)13(16,17)18/h1-6,12H,19H2. The van der Waals surface area contributed by atoms with Crippen molar-refractivity contribution in [3.63, 3.8) is 0 Å². The Kier molecular flexibility index (Phi) is 4.22. The number of halogens is 5. The zero-order valence-corrected chi connectivity index (χ0v) is 11.5. The van der Waals surface area contributed by atoms with Gasteiger partial charge in [-0.05, 0) is 29.8 Å². The van der Waals surface area contributed by atoms with E-state index in [4.69, 9.17) is 28.9 Å². The lowest BCUT2D eigenvalue weighted by Gasteiger charge is -2.19. The van der Waals surface area contributed by atoms with Gasteiger partial charge in [-0.25, -0.2) is 0 Å². The van der Waals surface area contributed by atoms with Crippen molar-refractivity contribution in [3.8, 4) is 0 Å². The molecule has 1 aromatic heterocycles. The van der Waals surface area contributed by atoms with Crippen LogP contribution in [0.15, 0.2) is 36.7 Å². The Morgan fingerprint density at radius 3 is 2.45 bits per heavy atom. The number of rotatable bonds is 2. The molecular weight excluding hydrogens is 312 g/mol. The average molecular weight is 321 g/mol. The fourth-order valence-corrected chi connectivity index (χ4v) is 2.25. The highest BCUT2D eigenvalue weighted by Crippen LogP contribution is 2.37. The van der Waals surface area contributed by atoms with Crippen LogP contribution in [0.25, 0.3) is 0 Å². The molecule has 0 spiro atoms. The molecule has 1 unspecified atom stereocenters. The van der Waals surface area contributed by atoms with E-state index >= 15 is 0 Å². The first-order valence-corrected chi connectivity index (χ1v) is 6.28. The Bertz CT molecular complexity index is 629. The van der Waals surface area contributed by atoms with Crippen LogP contribution in [0.4, 0.5) is 13.2 Å². The third-order valence-electron chi connectivity index (χ3n) is 2.79. The van der Waals surface area contributed by atoms with E-state index in [2.05, 4.69) is 4.98 Å². The SMILES string of the molecule is NC(c1cc(Cl)ccc1Cl)c1cnccc1C(F)(F)F. The van der Waals surface area contributed by atoms with Gasteiger partial charge in [-0.3, -0.25) is 4.98 Å². The van der Waals surface area contributed by atoms with E-state index < -0.39 is 17.8 Å². The predicted octanol–water partition coefficient (Wildman–Crippen LogP) is 4.46. The van der Waals surface area contributed by atoms with E-state index in [1.165, 1.54) is 18.2 Å². The maximum Gasteiger partial charge on any atom is 0.416 e. The van der Waals surface area contributed by atoms with Crippen LogP contribution >= 0.6 is 23.2 Å². The molecule has 0 fully saturated rings. The second kappa shape index (κ2) is 5.60. The van der Waals surface area contributed by atoms with Crippen LogP contribution in [0.1, 0.15) is 22.7 Å². The third-order valence-corrected chi connectivity index (χ3v) is 3.36. The quantitative estimate of drug-likeness (QED) is 0.887. The molecule has 0 radical (unpaired) electrons. The summed E-state index contributed by atoms with van der Waals surface area (Å²) in [4.78, 5) is 3.70. The molecule has 1 atom stereocenters. The number of benzene rings is 1. The molecule has 106 valence electrons. The molecule has 2 aromatic rings. The minimum absolute atomic E-state index is 0.149. The summed E-state index contributed by atoms with van der Waals surface area (Å²) in [6.45, 7) is 0. The summed E-state index contributed by atoms with van der Waals surface area (Å²) >= 11 is 11.8. The normalized spacial score (nSPS) is 13.3. The summed E-state index contributed by atoms with van der Waals surface area (Å²) in [6.07, 6.45) is -2.36. The first-order chi connectivity index (χ1) is 9.30. The topological polar surface area (TPSA) is 38.9 Å². The van der Waals surface area contributed by atoms with Crippen molar-refractivity contribution in [3.05, 3.63) is 63.4 Å². The number of hydrogen-bond acceptors (Lipinski definition) is 2. The Labute approximate surface area is 123 Å². The minimum Gasteiger partial charge on any atom is -0.320 e. The van der Waals surface area contributed by atoms with Crippen LogP contribution < -0.4 is 5.73 Å². The first kappa shape index (κ1) is 15.1. The Morgan fingerprint density at radius 1 is 1.10 bits per heavy atom. The number of pyridine rings is 1. The van der Waals surface area contributed by atoms with Gasteiger partial charge < -0.3 is 5.73 Å². The maximum atomic E-state index is 13.0. The molecule has 0 amide bonds. The fraction of sp³-hybridized carbons (Fsp3) is 0.154. The molecule has 0 saturated heterocycles. The van der Waals surface area contributed by atoms with Crippen molar-refractivity contribution in [2.45, 2.75) is 12.2 Å². The lowest BCUT2D eigenvalue weighted by atomic mass is 9.96. The molecular formula is C13H9Cl2F3N2. The van der Waals surface area contributed by atoms with Gasteiger partial charge in [-0.15, -0.1) is 0 Å². The average Bonchev–Trinajstić information content (AvgIpc) is 2.40. The molecule has 20 heavy (non-hydrogen) atoms. The lowest BCUT2D eigenvalue weighted by Crippen LogP contribution is -2.19. The molecule has 0 saturated carbocycles. The van der Waals surface area contributed by atoms with Crippen LogP contribution in [-0.2, 0) is 6.18 Å². The summed E-state index contributed by atoms with van der Waals surface area (Å²) in [6, 6.07) is 4.29. The molecule has 0 bridgehead atoms. The summed E-state index contributed by atoms with van der Waals surface area (Å²) in [5, 5.41) is 0.594. The van der Waals surface area contributed by atoms with Crippen molar-refractivity contribution in [1.82, 2.24) is 4.98 Å². The highest BCUT2D eigenvalue weighted by molar-refractivity contribution is 6.33.